The first-order valence-electron chi connectivity index (χ1n) is 8.07. The Morgan fingerprint density at radius 1 is 1.35 bits per heavy atom. The molecule has 0 spiro atoms. The molecule has 1 aliphatic carbocycles. The molecule has 1 aromatic carbocycles. The molecule has 1 N–H and O–H groups in total. The van der Waals surface area contributed by atoms with Crippen LogP contribution < -0.4 is 0 Å². The second kappa shape index (κ2) is 6.91. The van der Waals surface area contributed by atoms with Gasteiger partial charge in [0.2, 0.25) is 0 Å². The van der Waals surface area contributed by atoms with Crippen molar-refractivity contribution in [3.05, 3.63) is 41.2 Å². The predicted octanol–water partition coefficient (Wildman–Crippen LogP) is 2.59. The number of nitrogens with zero attached hydrogens (tertiary/aromatic N) is 3. The molecule has 6 heteroatoms. The number of aliphatic hydroxyl groups is 1. The van der Waals surface area contributed by atoms with Crippen molar-refractivity contribution < 1.29 is 14.6 Å². The van der Waals surface area contributed by atoms with Crippen LogP contribution in [-0.4, -0.2) is 32.7 Å². The topological polar surface area (TPSA) is 77.2 Å². The number of esters is 1. The van der Waals surface area contributed by atoms with Gasteiger partial charge < -0.3 is 9.84 Å². The molecule has 0 radical (unpaired) electrons. The quantitative estimate of drug-likeness (QED) is 0.829. The van der Waals surface area contributed by atoms with Crippen molar-refractivity contribution in [3.8, 4) is 5.69 Å². The maximum atomic E-state index is 11.8. The Morgan fingerprint density at radius 2 is 2.09 bits per heavy atom. The zero-order chi connectivity index (χ0) is 16.2. The Hall–Kier alpha value is -2.21. The monoisotopic (exact) mass is 315 g/mol. The number of carbonyl (C=O) groups excluding carboxylic acids is 1. The second-order valence-corrected chi connectivity index (χ2v) is 5.80. The van der Waals surface area contributed by atoms with E-state index in [1.54, 1.807) is 16.8 Å². The molecule has 1 aliphatic rings. The van der Waals surface area contributed by atoms with Crippen LogP contribution in [0.4, 0.5) is 0 Å². The Morgan fingerprint density at radius 3 is 2.65 bits per heavy atom. The van der Waals surface area contributed by atoms with E-state index in [9.17, 15) is 9.90 Å². The summed E-state index contributed by atoms with van der Waals surface area (Å²) in [4.78, 5) is 11.8. The molecule has 0 bridgehead atoms. The van der Waals surface area contributed by atoms with Crippen molar-refractivity contribution >= 4 is 5.97 Å². The molecule has 2 aromatic rings. The fourth-order valence-electron chi connectivity index (χ4n) is 2.73. The standard InChI is InChI=1S/C17H21N3O3/c1-2-10-23-17(22)13-6-8-14(9-7-13)20-16(12-4-3-5-12)15(11-21)18-19-20/h6-9,12,21H,2-5,10-11H2,1H3. The lowest BCUT2D eigenvalue weighted by molar-refractivity contribution is 0.0505. The van der Waals surface area contributed by atoms with E-state index in [-0.39, 0.29) is 12.6 Å². The van der Waals surface area contributed by atoms with Gasteiger partial charge in [0.05, 0.1) is 30.2 Å². The summed E-state index contributed by atoms with van der Waals surface area (Å²) in [5.74, 6) is 0.0913. The zero-order valence-electron chi connectivity index (χ0n) is 13.2. The number of hydrogen-bond donors (Lipinski definition) is 1. The van der Waals surface area contributed by atoms with E-state index in [4.69, 9.17) is 4.74 Å². The molecule has 122 valence electrons. The number of benzene rings is 1. The summed E-state index contributed by atoms with van der Waals surface area (Å²) < 4.78 is 6.90. The molecular weight excluding hydrogens is 294 g/mol. The van der Waals surface area contributed by atoms with E-state index in [1.165, 1.54) is 6.42 Å². The third-order valence-electron chi connectivity index (χ3n) is 4.21. The predicted molar refractivity (Wildman–Crippen MR) is 84.4 cm³/mol. The Kier molecular flexibility index (Phi) is 4.71. The molecular formula is C17H21N3O3. The molecule has 0 amide bonds. The van der Waals surface area contributed by atoms with E-state index >= 15 is 0 Å². The summed E-state index contributed by atoms with van der Waals surface area (Å²) in [6, 6.07) is 7.14. The maximum Gasteiger partial charge on any atom is 0.338 e. The van der Waals surface area contributed by atoms with Gasteiger partial charge in [0.1, 0.15) is 5.69 Å². The summed E-state index contributed by atoms with van der Waals surface area (Å²) in [6.45, 7) is 2.28. The lowest BCUT2D eigenvalue weighted by atomic mass is 9.82. The number of carbonyl (C=O) groups is 1. The molecule has 6 nitrogen and oxygen atoms in total. The highest BCUT2D eigenvalue weighted by molar-refractivity contribution is 5.89. The smallest absolute Gasteiger partial charge is 0.338 e. The molecule has 23 heavy (non-hydrogen) atoms. The summed E-state index contributed by atoms with van der Waals surface area (Å²) in [5, 5.41) is 17.7. The van der Waals surface area contributed by atoms with Crippen molar-refractivity contribution in [2.75, 3.05) is 6.61 Å². The van der Waals surface area contributed by atoms with Crippen molar-refractivity contribution in [1.29, 1.82) is 0 Å². The molecule has 0 saturated heterocycles. The first-order valence-corrected chi connectivity index (χ1v) is 8.07. The van der Waals surface area contributed by atoms with Gasteiger partial charge in [-0.1, -0.05) is 18.6 Å². The Bertz CT molecular complexity index is 675. The van der Waals surface area contributed by atoms with Gasteiger partial charge >= 0.3 is 5.97 Å². The summed E-state index contributed by atoms with van der Waals surface area (Å²) in [5.41, 5.74) is 2.99. The molecule has 0 unspecified atom stereocenters. The third-order valence-corrected chi connectivity index (χ3v) is 4.21. The summed E-state index contributed by atoms with van der Waals surface area (Å²) in [7, 11) is 0. The number of aliphatic hydroxyl groups excluding tert-OH is 1. The number of rotatable bonds is 6. The van der Waals surface area contributed by atoms with Crippen molar-refractivity contribution in [2.45, 2.75) is 45.1 Å². The number of ether oxygens (including phenoxy) is 1. The minimum absolute atomic E-state index is 0.104. The van der Waals surface area contributed by atoms with E-state index in [0.29, 0.717) is 23.8 Å². The molecule has 0 atom stereocenters. The minimum Gasteiger partial charge on any atom is -0.462 e. The molecule has 0 aliphatic heterocycles. The fraction of sp³-hybridized carbons (Fsp3) is 0.471. The lowest BCUT2D eigenvalue weighted by Gasteiger charge is -2.26. The highest BCUT2D eigenvalue weighted by atomic mass is 16.5. The van der Waals surface area contributed by atoms with Crippen molar-refractivity contribution in [3.63, 3.8) is 0 Å². The van der Waals surface area contributed by atoms with Gasteiger partial charge in [-0.05, 0) is 43.5 Å². The first kappa shape index (κ1) is 15.7. The second-order valence-electron chi connectivity index (χ2n) is 5.80. The van der Waals surface area contributed by atoms with Crippen LogP contribution in [0.3, 0.4) is 0 Å². The van der Waals surface area contributed by atoms with Gasteiger partial charge in [0.15, 0.2) is 0 Å². The van der Waals surface area contributed by atoms with E-state index in [1.807, 2.05) is 19.1 Å². The molecule has 1 heterocycles. The van der Waals surface area contributed by atoms with Crippen LogP contribution in [0.1, 0.15) is 60.3 Å². The maximum absolute atomic E-state index is 11.8. The van der Waals surface area contributed by atoms with Gasteiger partial charge in [0, 0.05) is 5.92 Å². The third kappa shape index (κ3) is 3.12. The van der Waals surface area contributed by atoms with Gasteiger partial charge in [-0.2, -0.15) is 0 Å². The number of hydrogen-bond acceptors (Lipinski definition) is 5. The van der Waals surface area contributed by atoms with Crippen LogP contribution in [0, 0.1) is 0 Å². The van der Waals surface area contributed by atoms with Gasteiger partial charge in [-0.25, -0.2) is 9.48 Å². The van der Waals surface area contributed by atoms with Crippen LogP contribution in [0.2, 0.25) is 0 Å². The molecule has 1 fully saturated rings. The van der Waals surface area contributed by atoms with E-state index in [2.05, 4.69) is 10.3 Å². The first-order chi connectivity index (χ1) is 11.2. The van der Waals surface area contributed by atoms with E-state index < -0.39 is 0 Å². The SMILES string of the molecule is CCCOC(=O)c1ccc(-n2nnc(CO)c2C2CCC2)cc1. The molecule has 3 rings (SSSR count). The van der Waals surface area contributed by atoms with Gasteiger partial charge in [-0.15, -0.1) is 5.10 Å². The minimum atomic E-state index is -0.313. The molecule has 1 aromatic heterocycles. The highest BCUT2D eigenvalue weighted by Crippen LogP contribution is 2.38. The van der Waals surface area contributed by atoms with Crippen LogP contribution in [0.25, 0.3) is 5.69 Å². The van der Waals surface area contributed by atoms with Crippen LogP contribution in [-0.2, 0) is 11.3 Å². The summed E-state index contributed by atoms with van der Waals surface area (Å²) in [6.07, 6.45) is 4.20. The van der Waals surface area contributed by atoms with Gasteiger partial charge in [0.25, 0.3) is 0 Å². The van der Waals surface area contributed by atoms with Crippen LogP contribution >= 0.6 is 0 Å². The summed E-state index contributed by atoms with van der Waals surface area (Å²) >= 11 is 0. The normalized spacial score (nSPS) is 14.5. The van der Waals surface area contributed by atoms with Crippen molar-refractivity contribution in [2.24, 2.45) is 0 Å². The van der Waals surface area contributed by atoms with Gasteiger partial charge in [-0.3, -0.25) is 0 Å². The van der Waals surface area contributed by atoms with Crippen LogP contribution in [0.5, 0.6) is 0 Å². The fourth-order valence-corrected chi connectivity index (χ4v) is 2.73. The van der Waals surface area contributed by atoms with Crippen LogP contribution in [0.15, 0.2) is 24.3 Å². The zero-order valence-corrected chi connectivity index (χ0v) is 13.2. The average molecular weight is 315 g/mol. The Balaban J connectivity index is 1.85. The Labute approximate surface area is 135 Å². The van der Waals surface area contributed by atoms with Crippen molar-refractivity contribution in [1.82, 2.24) is 15.0 Å². The van der Waals surface area contributed by atoms with E-state index in [0.717, 1.165) is 30.6 Å². The average Bonchev–Trinajstić information content (AvgIpc) is 2.94. The lowest BCUT2D eigenvalue weighted by Crippen LogP contribution is -2.16. The highest BCUT2D eigenvalue weighted by Gasteiger charge is 2.28. The molecule has 1 saturated carbocycles. The number of aromatic nitrogens is 3. The largest absolute Gasteiger partial charge is 0.462 e.